The molecule has 3 heteroatoms. The van der Waals surface area contributed by atoms with Crippen molar-refractivity contribution in [3.05, 3.63) is 0 Å². The van der Waals surface area contributed by atoms with E-state index in [2.05, 4.69) is 50.0 Å². The molecule has 1 heterocycles. The summed E-state index contributed by atoms with van der Waals surface area (Å²) in [4.78, 5) is 4.91. The van der Waals surface area contributed by atoms with E-state index in [0.717, 1.165) is 12.6 Å². The molecular formula is C13H29N3. The van der Waals surface area contributed by atoms with Gasteiger partial charge in [-0.05, 0) is 53.9 Å². The first-order valence-electron chi connectivity index (χ1n) is 6.59. The Morgan fingerprint density at radius 1 is 1.38 bits per heavy atom. The summed E-state index contributed by atoms with van der Waals surface area (Å²) in [5.74, 6) is 0. The van der Waals surface area contributed by atoms with Crippen molar-refractivity contribution >= 4 is 0 Å². The van der Waals surface area contributed by atoms with Crippen LogP contribution < -0.4 is 5.32 Å². The average molecular weight is 227 g/mol. The van der Waals surface area contributed by atoms with Crippen LogP contribution in [0, 0.1) is 0 Å². The van der Waals surface area contributed by atoms with E-state index in [0.29, 0.717) is 0 Å². The van der Waals surface area contributed by atoms with Crippen LogP contribution in [-0.4, -0.2) is 61.7 Å². The lowest BCUT2D eigenvalue weighted by atomic mass is 10.0. The smallest absolute Gasteiger partial charge is 0.0274 e. The zero-order valence-electron chi connectivity index (χ0n) is 11.7. The van der Waals surface area contributed by atoms with E-state index in [1.807, 2.05) is 0 Å². The molecule has 0 saturated carbocycles. The van der Waals surface area contributed by atoms with Gasteiger partial charge < -0.3 is 10.2 Å². The fourth-order valence-corrected chi connectivity index (χ4v) is 2.18. The summed E-state index contributed by atoms with van der Waals surface area (Å²) in [6.45, 7) is 11.7. The van der Waals surface area contributed by atoms with E-state index < -0.39 is 0 Å². The molecule has 1 unspecified atom stereocenters. The van der Waals surface area contributed by atoms with Crippen LogP contribution in [0.2, 0.25) is 0 Å². The molecule has 16 heavy (non-hydrogen) atoms. The molecule has 0 aromatic carbocycles. The van der Waals surface area contributed by atoms with E-state index in [1.165, 1.54) is 32.5 Å². The van der Waals surface area contributed by atoms with E-state index in [1.54, 1.807) is 0 Å². The summed E-state index contributed by atoms with van der Waals surface area (Å²) in [5.41, 5.74) is 0.277. The third kappa shape index (κ3) is 4.04. The highest BCUT2D eigenvalue weighted by atomic mass is 15.2. The van der Waals surface area contributed by atoms with Crippen molar-refractivity contribution in [3.63, 3.8) is 0 Å². The first-order valence-corrected chi connectivity index (χ1v) is 6.59. The number of hydrogen-bond acceptors (Lipinski definition) is 3. The summed E-state index contributed by atoms with van der Waals surface area (Å²) in [5, 5.41) is 3.62. The summed E-state index contributed by atoms with van der Waals surface area (Å²) >= 11 is 0. The fourth-order valence-electron chi connectivity index (χ4n) is 2.18. The molecule has 0 amide bonds. The van der Waals surface area contributed by atoms with Gasteiger partial charge in [0.25, 0.3) is 0 Å². The zero-order chi connectivity index (χ0) is 12.2. The maximum atomic E-state index is 3.62. The molecule has 0 radical (unpaired) electrons. The molecule has 1 rings (SSSR count). The van der Waals surface area contributed by atoms with Gasteiger partial charge in [-0.2, -0.15) is 0 Å². The lowest BCUT2D eigenvalue weighted by molar-refractivity contribution is 0.132. The third-order valence-corrected chi connectivity index (χ3v) is 3.78. The zero-order valence-corrected chi connectivity index (χ0v) is 11.7. The van der Waals surface area contributed by atoms with Crippen molar-refractivity contribution in [2.75, 3.05) is 40.3 Å². The van der Waals surface area contributed by atoms with Crippen LogP contribution in [-0.2, 0) is 0 Å². The van der Waals surface area contributed by atoms with E-state index in [9.17, 15) is 0 Å². The Morgan fingerprint density at radius 2 is 2.06 bits per heavy atom. The summed E-state index contributed by atoms with van der Waals surface area (Å²) in [6.07, 6.45) is 2.54. The van der Waals surface area contributed by atoms with E-state index in [-0.39, 0.29) is 5.54 Å². The van der Waals surface area contributed by atoms with Gasteiger partial charge in [0.2, 0.25) is 0 Å². The normalized spacial score (nSPS) is 23.2. The van der Waals surface area contributed by atoms with Gasteiger partial charge in [0.15, 0.2) is 0 Å². The maximum absolute atomic E-state index is 3.62. The Bertz CT molecular complexity index is 201. The van der Waals surface area contributed by atoms with Crippen molar-refractivity contribution in [1.29, 1.82) is 0 Å². The van der Waals surface area contributed by atoms with Crippen molar-refractivity contribution in [1.82, 2.24) is 15.1 Å². The van der Waals surface area contributed by atoms with Crippen LogP contribution in [0.1, 0.15) is 33.6 Å². The Kier molecular flexibility index (Phi) is 5.22. The van der Waals surface area contributed by atoms with Crippen molar-refractivity contribution < 1.29 is 0 Å². The highest BCUT2D eigenvalue weighted by molar-refractivity contribution is 4.87. The SMILES string of the molecule is CCCNC1CCN(CC(C)(C)N(C)C)C1. The van der Waals surface area contributed by atoms with Crippen LogP contribution in [0.25, 0.3) is 0 Å². The highest BCUT2D eigenvalue weighted by Gasteiger charge is 2.28. The van der Waals surface area contributed by atoms with Crippen molar-refractivity contribution in [3.8, 4) is 0 Å². The van der Waals surface area contributed by atoms with Gasteiger partial charge in [-0.25, -0.2) is 0 Å². The monoisotopic (exact) mass is 227 g/mol. The fraction of sp³-hybridized carbons (Fsp3) is 1.00. The third-order valence-electron chi connectivity index (χ3n) is 3.78. The molecule has 96 valence electrons. The number of nitrogens with zero attached hydrogens (tertiary/aromatic N) is 2. The average Bonchev–Trinajstić information content (AvgIpc) is 2.61. The summed E-state index contributed by atoms with van der Waals surface area (Å²) in [7, 11) is 4.34. The highest BCUT2D eigenvalue weighted by Crippen LogP contribution is 2.17. The second-order valence-electron chi connectivity index (χ2n) is 5.88. The molecule has 1 atom stereocenters. The molecule has 0 aliphatic carbocycles. The van der Waals surface area contributed by atoms with Crippen LogP contribution in [0.15, 0.2) is 0 Å². The molecule has 1 saturated heterocycles. The van der Waals surface area contributed by atoms with Crippen LogP contribution in [0.3, 0.4) is 0 Å². The molecule has 1 N–H and O–H groups in total. The van der Waals surface area contributed by atoms with Gasteiger partial charge in [0, 0.05) is 24.7 Å². The van der Waals surface area contributed by atoms with Gasteiger partial charge in [-0.1, -0.05) is 6.92 Å². The number of nitrogens with one attached hydrogen (secondary N) is 1. The minimum atomic E-state index is 0.277. The molecule has 0 aromatic heterocycles. The molecule has 1 aliphatic heterocycles. The van der Waals surface area contributed by atoms with E-state index in [4.69, 9.17) is 0 Å². The quantitative estimate of drug-likeness (QED) is 0.740. The summed E-state index contributed by atoms with van der Waals surface area (Å²) < 4.78 is 0. The second kappa shape index (κ2) is 5.99. The number of likely N-dealkylation sites (tertiary alicyclic amines) is 1. The Balaban J connectivity index is 2.31. The van der Waals surface area contributed by atoms with Gasteiger partial charge in [-0.3, -0.25) is 4.90 Å². The lowest BCUT2D eigenvalue weighted by Gasteiger charge is -2.36. The molecule has 0 bridgehead atoms. The number of hydrogen-bond donors (Lipinski definition) is 1. The minimum absolute atomic E-state index is 0.277. The Morgan fingerprint density at radius 3 is 2.62 bits per heavy atom. The minimum Gasteiger partial charge on any atom is -0.313 e. The first kappa shape index (κ1) is 13.9. The standard InChI is InChI=1S/C13H29N3/c1-6-8-14-12-7-9-16(10-12)11-13(2,3)15(4)5/h12,14H,6-11H2,1-5H3. The molecular weight excluding hydrogens is 198 g/mol. The van der Waals surface area contributed by atoms with Crippen molar-refractivity contribution in [2.45, 2.75) is 45.2 Å². The predicted octanol–water partition coefficient (Wildman–Crippen LogP) is 1.40. The van der Waals surface area contributed by atoms with E-state index >= 15 is 0 Å². The largest absolute Gasteiger partial charge is 0.313 e. The Labute approximate surface area is 101 Å². The molecule has 3 nitrogen and oxygen atoms in total. The maximum Gasteiger partial charge on any atom is 0.0274 e. The predicted molar refractivity (Wildman–Crippen MR) is 70.9 cm³/mol. The van der Waals surface area contributed by atoms with Crippen LogP contribution >= 0.6 is 0 Å². The topological polar surface area (TPSA) is 18.5 Å². The van der Waals surface area contributed by atoms with Gasteiger partial charge in [-0.15, -0.1) is 0 Å². The number of likely N-dealkylation sites (N-methyl/N-ethyl adjacent to an activating group) is 1. The Hall–Kier alpha value is -0.120. The van der Waals surface area contributed by atoms with Crippen molar-refractivity contribution in [2.24, 2.45) is 0 Å². The summed E-state index contributed by atoms with van der Waals surface area (Å²) in [6, 6.07) is 0.720. The van der Waals surface area contributed by atoms with Gasteiger partial charge in [0.05, 0.1) is 0 Å². The molecule has 1 fully saturated rings. The second-order valence-corrected chi connectivity index (χ2v) is 5.88. The molecule has 0 spiro atoms. The van der Waals surface area contributed by atoms with Crippen LogP contribution in [0.4, 0.5) is 0 Å². The molecule has 1 aliphatic rings. The lowest BCUT2D eigenvalue weighted by Crippen LogP contribution is -2.48. The first-order chi connectivity index (χ1) is 7.45. The molecule has 0 aromatic rings. The number of rotatable bonds is 6. The van der Waals surface area contributed by atoms with Crippen LogP contribution in [0.5, 0.6) is 0 Å². The van der Waals surface area contributed by atoms with Gasteiger partial charge >= 0.3 is 0 Å². The van der Waals surface area contributed by atoms with Gasteiger partial charge in [0.1, 0.15) is 0 Å².